The van der Waals surface area contributed by atoms with Crippen molar-refractivity contribution in [2.75, 3.05) is 14.2 Å². The summed E-state index contributed by atoms with van der Waals surface area (Å²) in [4.78, 5) is 15.0. The molecule has 0 radical (unpaired) electrons. The van der Waals surface area contributed by atoms with Gasteiger partial charge >= 0.3 is 0 Å². The number of para-hydroxylation sites is 2. The quantitative estimate of drug-likeness (QED) is 0.409. The van der Waals surface area contributed by atoms with Crippen LogP contribution in [0.3, 0.4) is 0 Å². The number of hydrogen-bond acceptors (Lipinski definition) is 6. The zero-order valence-corrected chi connectivity index (χ0v) is 17.3. The largest absolute Gasteiger partial charge is 0.496 e. The van der Waals surface area contributed by atoms with E-state index in [0.717, 1.165) is 5.56 Å². The molecular formula is C24H22N2O5. The van der Waals surface area contributed by atoms with Gasteiger partial charge in [0.2, 0.25) is 0 Å². The minimum absolute atomic E-state index is 0.198. The van der Waals surface area contributed by atoms with Gasteiger partial charge in [-0.25, -0.2) is 0 Å². The minimum atomic E-state index is -0.198. The first-order valence-electron chi connectivity index (χ1n) is 9.73. The molecule has 7 nitrogen and oxygen atoms in total. The van der Waals surface area contributed by atoms with E-state index < -0.39 is 0 Å². The molecule has 0 saturated heterocycles. The highest BCUT2D eigenvalue weighted by molar-refractivity contribution is 5.96. The lowest BCUT2D eigenvalue weighted by Gasteiger charge is -2.21. The Kier molecular flexibility index (Phi) is 6.03. The molecule has 0 aliphatic carbocycles. The van der Waals surface area contributed by atoms with Gasteiger partial charge in [0.15, 0.2) is 5.76 Å². The third-order valence-corrected chi connectivity index (χ3v) is 4.84. The summed E-state index contributed by atoms with van der Waals surface area (Å²) in [5.74, 6) is 2.22. The first-order chi connectivity index (χ1) is 15.2. The first-order valence-corrected chi connectivity index (χ1v) is 9.73. The molecule has 0 unspecified atom stereocenters. The van der Waals surface area contributed by atoms with Crippen LogP contribution in [0.1, 0.15) is 21.8 Å². The number of nitrogens with zero attached hydrogens (tertiary/aromatic N) is 2. The van der Waals surface area contributed by atoms with E-state index in [1.165, 1.54) is 0 Å². The lowest BCUT2D eigenvalue weighted by molar-refractivity contribution is 0.0710. The van der Waals surface area contributed by atoms with Gasteiger partial charge in [-0.1, -0.05) is 29.4 Å². The Morgan fingerprint density at radius 1 is 0.935 bits per heavy atom. The SMILES string of the molecule is COc1ccccc1C(=O)N(Cc1cc(-c2ccccc2OC)on1)Cc1ccco1. The van der Waals surface area contributed by atoms with E-state index in [9.17, 15) is 4.79 Å². The van der Waals surface area contributed by atoms with Crippen molar-refractivity contribution in [3.05, 3.63) is 90.0 Å². The molecule has 0 fully saturated rings. The number of hydrogen-bond donors (Lipinski definition) is 0. The standard InChI is InChI=1S/C24H22N2O5/c1-28-21-11-5-3-9-19(21)23-14-17(25-31-23)15-26(16-18-8-7-13-30-18)24(27)20-10-4-6-12-22(20)29-2/h3-14H,15-16H2,1-2H3. The number of benzene rings is 2. The van der Waals surface area contributed by atoms with Crippen molar-refractivity contribution in [2.24, 2.45) is 0 Å². The fraction of sp³-hybridized carbons (Fsp3) is 0.167. The Bertz CT molecular complexity index is 1150. The van der Waals surface area contributed by atoms with Crippen LogP contribution in [-0.2, 0) is 13.1 Å². The van der Waals surface area contributed by atoms with Gasteiger partial charge in [0.25, 0.3) is 5.91 Å². The Balaban J connectivity index is 1.63. The second-order valence-corrected chi connectivity index (χ2v) is 6.82. The molecular weight excluding hydrogens is 396 g/mol. The van der Waals surface area contributed by atoms with Crippen molar-refractivity contribution in [2.45, 2.75) is 13.1 Å². The molecule has 0 spiro atoms. The summed E-state index contributed by atoms with van der Waals surface area (Å²) in [6, 6.07) is 20.1. The highest BCUT2D eigenvalue weighted by atomic mass is 16.5. The van der Waals surface area contributed by atoms with E-state index in [4.69, 9.17) is 18.4 Å². The molecule has 7 heteroatoms. The van der Waals surface area contributed by atoms with E-state index in [1.807, 2.05) is 42.5 Å². The highest BCUT2D eigenvalue weighted by Gasteiger charge is 2.23. The predicted octanol–water partition coefficient (Wildman–Crippen LogP) is 4.79. The molecule has 2 heterocycles. The van der Waals surface area contributed by atoms with Gasteiger partial charge in [-0.15, -0.1) is 0 Å². The van der Waals surface area contributed by atoms with Crippen LogP contribution in [0.2, 0.25) is 0 Å². The van der Waals surface area contributed by atoms with E-state index in [1.54, 1.807) is 49.6 Å². The van der Waals surface area contributed by atoms with Gasteiger partial charge < -0.3 is 23.3 Å². The van der Waals surface area contributed by atoms with Gasteiger partial charge in [0.05, 0.1) is 44.7 Å². The zero-order valence-electron chi connectivity index (χ0n) is 17.3. The fourth-order valence-electron chi connectivity index (χ4n) is 3.34. The van der Waals surface area contributed by atoms with Crippen LogP contribution in [0, 0.1) is 0 Å². The van der Waals surface area contributed by atoms with Crippen molar-refractivity contribution in [3.8, 4) is 22.8 Å². The predicted molar refractivity (Wildman–Crippen MR) is 114 cm³/mol. The van der Waals surface area contributed by atoms with Crippen molar-refractivity contribution in [1.29, 1.82) is 0 Å². The van der Waals surface area contributed by atoms with E-state index >= 15 is 0 Å². The number of methoxy groups -OCH3 is 2. The maximum absolute atomic E-state index is 13.4. The van der Waals surface area contributed by atoms with E-state index in [2.05, 4.69) is 5.16 Å². The van der Waals surface area contributed by atoms with Crippen LogP contribution in [0.4, 0.5) is 0 Å². The summed E-state index contributed by atoms with van der Waals surface area (Å²) in [6.07, 6.45) is 1.58. The average molecular weight is 418 g/mol. The number of carbonyl (C=O) groups excluding carboxylic acids is 1. The molecule has 31 heavy (non-hydrogen) atoms. The van der Waals surface area contributed by atoms with Crippen molar-refractivity contribution in [1.82, 2.24) is 10.1 Å². The van der Waals surface area contributed by atoms with Crippen molar-refractivity contribution in [3.63, 3.8) is 0 Å². The molecule has 4 aromatic rings. The molecule has 4 rings (SSSR count). The lowest BCUT2D eigenvalue weighted by atomic mass is 10.1. The topological polar surface area (TPSA) is 77.9 Å². The van der Waals surface area contributed by atoms with Crippen LogP contribution < -0.4 is 9.47 Å². The first kappa shape index (κ1) is 20.3. The Morgan fingerprint density at radius 3 is 2.42 bits per heavy atom. The molecule has 0 atom stereocenters. The summed E-state index contributed by atoms with van der Waals surface area (Å²) >= 11 is 0. The molecule has 1 amide bonds. The van der Waals surface area contributed by atoms with Crippen LogP contribution in [0.25, 0.3) is 11.3 Å². The second kappa shape index (κ2) is 9.21. The maximum atomic E-state index is 13.4. The van der Waals surface area contributed by atoms with Gasteiger partial charge in [0, 0.05) is 6.07 Å². The third-order valence-electron chi connectivity index (χ3n) is 4.84. The van der Waals surface area contributed by atoms with Crippen LogP contribution >= 0.6 is 0 Å². The minimum Gasteiger partial charge on any atom is -0.496 e. The summed E-state index contributed by atoms with van der Waals surface area (Å²) in [7, 11) is 3.15. The summed E-state index contributed by atoms with van der Waals surface area (Å²) in [6.45, 7) is 0.511. The average Bonchev–Trinajstić information content (AvgIpc) is 3.50. The summed E-state index contributed by atoms with van der Waals surface area (Å²) in [5, 5.41) is 4.17. The lowest BCUT2D eigenvalue weighted by Crippen LogP contribution is -2.30. The van der Waals surface area contributed by atoms with Crippen LogP contribution in [0.5, 0.6) is 11.5 Å². The summed E-state index contributed by atoms with van der Waals surface area (Å²) < 4.78 is 21.8. The van der Waals surface area contributed by atoms with Crippen molar-refractivity contribution < 1.29 is 23.2 Å². The molecule has 0 N–H and O–H groups in total. The van der Waals surface area contributed by atoms with Crippen LogP contribution in [-0.4, -0.2) is 30.2 Å². The molecule has 2 aromatic carbocycles. The number of rotatable bonds is 8. The fourth-order valence-corrected chi connectivity index (χ4v) is 3.34. The summed E-state index contributed by atoms with van der Waals surface area (Å²) in [5.41, 5.74) is 1.86. The number of amides is 1. The monoisotopic (exact) mass is 418 g/mol. The second-order valence-electron chi connectivity index (χ2n) is 6.82. The molecule has 0 saturated carbocycles. The van der Waals surface area contributed by atoms with E-state index in [0.29, 0.717) is 34.3 Å². The van der Waals surface area contributed by atoms with Crippen LogP contribution in [0.15, 0.2) is 81.9 Å². The number of aromatic nitrogens is 1. The van der Waals surface area contributed by atoms with Gasteiger partial charge in [-0.3, -0.25) is 4.79 Å². The zero-order chi connectivity index (χ0) is 21.6. The smallest absolute Gasteiger partial charge is 0.258 e. The maximum Gasteiger partial charge on any atom is 0.258 e. The number of ether oxygens (including phenoxy) is 2. The number of carbonyl (C=O) groups is 1. The van der Waals surface area contributed by atoms with Gasteiger partial charge in [0.1, 0.15) is 23.0 Å². The van der Waals surface area contributed by atoms with Crippen molar-refractivity contribution >= 4 is 5.91 Å². The highest BCUT2D eigenvalue weighted by Crippen LogP contribution is 2.30. The van der Waals surface area contributed by atoms with E-state index in [-0.39, 0.29) is 19.0 Å². The van der Waals surface area contributed by atoms with Gasteiger partial charge in [-0.2, -0.15) is 0 Å². The molecule has 158 valence electrons. The Morgan fingerprint density at radius 2 is 1.68 bits per heavy atom. The Labute approximate surface area is 179 Å². The van der Waals surface area contributed by atoms with Gasteiger partial charge in [-0.05, 0) is 36.4 Å². The molecule has 0 aliphatic heterocycles. The normalized spacial score (nSPS) is 10.6. The number of furan rings is 1. The molecule has 0 bridgehead atoms. The molecule has 2 aromatic heterocycles. The third kappa shape index (κ3) is 4.45. The molecule has 0 aliphatic rings. The Hall–Kier alpha value is -4.00.